The summed E-state index contributed by atoms with van der Waals surface area (Å²) in [7, 11) is 3.15. The fourth-order valence-electron chi connectivity index (χ4n) is 3.43. The summed E-state index contributed by atoms with van der Waals surface area (Å²) in [6, 6.07) is 8.72. The van der Waals surface area contributed by atoms with Crippen molar-refractivity contribution in [1.82, 2.24) is 14.7 Å². The van der Waals surface area contributed by atoms with Crippen molar-refractivity contribution in [1.29, 1.82) is 0 Å². The highest BCUT2D eigenvalue weighted by atomic mass is 16.5. The number of carbonyl (C=O) groups is 2. The molecule has 156 valence electrons. The van der Waals surface area contributed by atoms with Crippen LogP contribution < -0.4 is 15.4 Å². The van der Waals surface area contributed by atoms with Crippen LogP contribution in [-0.4, -0.2) is 60.5 Å². The average molecular weight is 401 g/mol. The fourth-order valence-corrected chi connectivity index (χ4v) is 3.43. The molecular weight excluding hydrogens is 374 g/mol. The number of piperidine rings is 1. The molecule has 0 saturated carbocycles. The van der Waals surface area contributed by atoms with E-state index < -0.39 is 0 Å². The van der Waals surface area contributed by atoms with Gasteiger partial charge in [0.25, 0.3) is 0 Å². The van der Waals surface area contributed by atoms with Crippen molar-refractivity contribution in [2.45, 2.75) is 25.3 Å². The third-order valence-corrected chi connectivity index (χ3v) is 4.95. The number of hydrogen-bond donors (Lipinski definition) is 2. The van der Waals surface area contributed by atoms with Gasteiger partial charge in [0, 0.05) is 26.3 Å². The van der Waals surface area contributed by atoms with E-state index in [1.54, 1.807) is 38.6 Å². The molecule has 0 unspecified atom stereocenters. The lowest BCUT2D eigenvalue weighted by atomic mass is 10.0. The average Bonchev–Trinajstić information content (AvgIpc) is 3.20. The van der Waals surface area contributed by atoms with E-state index in [9.17, 15) is 9.59 Å². The standard InChI is InChI=1S/C20H27N5O4/c1-28-14-10-19(26)24-12-8-15(9-13-24)25-18(7-11-21-25)23-20(27)22-16-5-3-4-6-17(16)29-2/h3-7,11,15H,8-10,12-14H2,1-2H3,(H2,22,23,27). The second kappa shape index (κ2) is 9.92. The number of para-hydroxylation sites is 2. The van der Waals surface area contributed by atoms with Gasteiger partial charge >= 0.3 is 6.03 Å². The molecule has 2 aromatic rings. The SMILES string of the molecule is COCCC(=O)N1CCC(n2nccc2NC(=O)Nc2ccccc2OC)CC1. The van der Waals surface area contributed by atoms with Crippen molar-refractivity contribution in [3.8, 4) is 5.75 Å². The van der Waals surface area contributed by atoms with E-state index in [1.165, 1.54) is 0 Å². The molecular formula is C20H27N5O4. The number of nitrogens with one attached hydrogen (secondary N) is 2. The van der Waals surface area contributed by atoms with Crippen molar-refractivity contribution >= 4 is 23.4 Å². The molecule has 0 atom stereocenters. The molecule has 0 aliphatic carbocycles. The number of anilines is 2. The molecule has 1 aliphatic rings. The summed E-state index contributed by atoms with van der Waals surface area (Å²) in [6.07, 6.45) is 3.63. The van der Waals surface area contributed by atoms with Gasteiger partial charge in [0.1, 0.15) is 11.6 Å². The monoisotopic (exact) mass is 401 g/mol. The van der Waals surface area contributed by atoms with Crippen molar-refractivity contribution < 1.29 is 19.1 Å². The van der Waals surface area contributed by atoms with Crippen molar-refractivity contribution in [2.24, 2.45) is 0 Å². The van der Waals surface area contributed by atoms with Gasteiger partial charge in [-0.1, -0.05) is 12.1 Å². The maximum Gasteiger partial charge on any atom is 0.324 e. The Hall–Kier alpha value is -3.07. The summed E-state index contributed by atoms with van der Waals surface area (Å²) in [5, 5.41) is 10.0. The Kier molecular flexibility index (Phi) is 7.07. The number of methoxy groups -OCH3 is 2. The molecule has 3 amide bonds. The van der Waals surface area contributed by atoms with E-state index in [0.717, 1.165) is 12.8 Å². The van der Waals surface area contributed by atoms with E-state index in [2.05, 4.69) is 15.7 Å². The Morgan fingerprint density at radius 3 is 2.62 bits per heavy atom. The molecule has 1 fully saturated rings. The third-order valence-electron chi connectivity index (χ3n) is 4.95. The van der Waals surface area contributed by atoms with Crippen molar-refractivity contribution in [3.05, 3.63) is 36.5 Å². The Labute approximate surface area is 170 Å². The molecule has 29 heavy (non-hydrogen) atoms. The first-order valence-corrected chi connectivity index (χ1v) is 9.63. The van der Waals surface area contributed by atoms with Crippen LogP contribution in [0, 0.1) is 0 Å². The van der Waals surface area contributed by atoms with Gasteiger partial charge in [-0.2, -0.15) is 5.10 Å². The zero-order valence-electron chi connectivity index (χ0n) is 16.8. The van der Waals surface area contributed by atoms with E-state index in [0.29, 0.717) is 43.4 Å². The van der Waals surface area contributed by atoms with Crippen LogP contribution in [0.3, 0.4) is 0 Å². The van der Waals surface area contributed by atoms with Crippen LogP contribution in [0.25, 0.3) is 0 Å². The van der Waals surface area contributed by atoms with E-state index in [4.69, 9.17) is 9.47 Å². The minimum Gasteiger partial charge on any atom is -0.495 e. The number of aromatic nitrogens is 2. The largest absolute Gasteiger partial charge is 0.495 e. The third kappa shape index (κ3) is 5.26. The number of urea groups is 1. The van der Waals surface area contributed by atoms with Gasteiger partial charge in [-0.15, -0.1) is 0 Å². The molecule has 3 rings (SSSR count). The smallest absolute Gasteiger partial charge is 0.324 e. The van der Waals surface area contributed by atoms with Gasteiger partial charge in [-0.25, -0.2) is 9.48 Å². The molecule has 1 aromatic heterocycles. The summed E-state index contributed by atoms with van der Waals surface area (Å²) in [6.45, 7) is 1.77. The van der Waals surface area contributed by atoms with Gasteiger partial charge in [0.05, 0.1) is 38.1 Å². The lowest BCUT2D eigenvalue weighted by Crippen LogP contribution is -2.39. The Bertz CT molecular complexity index is 830. The van der Waals surface area contributed by atoms with Crippen LogP contribution in [-0.2, 0) is 9.53 Å². The van der Waals surface area contributed by atoms with Gasteiger partial charge in [-0.3, -0.25) is 10.1 Å². The van der Waals surface area contributed by atoms with Gasteiger partial charge in [0.15, 0.2) is 0 Å². The topological polar surface area (TPSA) is 97.7 Å². The lowest BCUT2D eigenvalue weighted by Gasteiger charge is -2.32. The Morgan fingerprint density at radius 2 is 1.90 bits per heavy atom. The minimum absolute atomic E-state index is 0.111. The van der Waals surface area contributed by atoms with Crippen LogP contribution in [0.2, 0.25) is 0 Å². The Morgan fingerprint density at radius 1 is 1.14 bits per heavy atom. The second-order valence-corrected chi connectivity index (χ2v) is 6.80. The van der Waals surface area contributed by atoms with Gasteiger partial charge in [0.2, 0.25) is 5.91 Å². The van der Waals surface area contributed by atoms with E-state index in [1.807, 2.05) is 21.7 Å². The van der Waals surface area contributed by atoms with Crippen LogP contribution in [0.4, 0.5) is 16.3 Å². The number of likely N-dealkylation sites (tertiary alicyclic amines) is 1. The predicted molar refractivity (Wildman–Crippen MR) is 109 cm³/mol. The molecule has 2 heterocycles. The summed E-state index contributed by atoms with van der Waals surface area (Å²) in [5.41, 5.74) is 0.585. The number of rotatable bonds is 7. The summed E-state index contributed by atoms with van der Waals surface area (Å²) in [4.78, 5) is 26.4. The minimum atomic E-state index is -0.372. The second-order valence-electron chi connectivity index (χ2n) is 6.80. The molecule has 2 N–H and O–H groups in total. The van der Waals surface area contributed by atoms with E-state index >= 15 is 0 Å². The molecule has 1 aliphatic heterocycles. The first-order chi connectivity index (χ1) is 14.1. The van der Waals surface area contributed by atoms with Crippen LogP contribution in [0.1, 0.15) is 25.3 Å². The molecule has 1 aromatic carbocycles. The summed E-state index contributed by atoms with van der Waals surface area (Å²) >= 11 is 0. The molecule has 0 spiro atoms. The lowest BCUT2D eigenvalue weighted by molar-refractivity contribution is -0.133. The molecule has 0 radical (unpaired) electrons. The quantitative estimate of drug-likeness (QED) is 0.743. The first kappa shape index (κ1) is 20.7. The highest BCUT2D eigenvalue weighted by molar-refractivity contribution is 6.00. The first-order valence-electron chi connectivity index (χ1n) is 9.63. The highest BCUT2D eigenvalue weighted by Gasteiger charge is 2.25. The number of amides is 3. The number of ether oxygens (including phenoxy) is 2. The number of benzene rings is 1. The van der Waals surface area contributed by atoms with Crippen LogP contribution >= 0.6 is 0 Å². The maximum atomic E-state index is 12.4. The Balaban J connectivity index is 1.57. The maximum absolute atomic E-state index is 12.4. The number of carbonyl (C=O) groups excluding carboxylic acids is 2. The summed E-state index contributed by atoms with van der Waals surface area (Å²) in [5.74, 6) is 1.31. The number of hydrogen-bond acceptors (Lipinski definition) is 5. The van der Waals surface area contributed by atoms with Crippen LogP contribution in [0.15, 0.2) is 36.5 Å². The van der Waals surface area contributed by atoms with Crippen molar-refractivity contribution in [3.63, 3.8) is 0 Å². The highest BCUT2D eigenvalue weighted by Crippen LogP contribution is 2.26. The van der Waals surface area contributed by atoms with Crippen molar-refractivity contribution in [2.75, 3.05) is 44.5 Å². The molecule has 9 heteroatoms. The normalized spacial score (nSPS) is 14.5. The predicted octanol–water partition coefficient (Wildman–Crippen LogP) is 2.74. The number of nitrogens with zero attached hydrogens (tertiary/aromatic N) is 3. The molecule has 1 saturated heterocycles. The molecule has 0 bridgehead atoms. The molecule has 9 nitrogen and oxygen atoms in total. The van der Waals surface area contributed by atoms with Gasteiger partial charge < -0.3 is 19.7 Å². The zero-order valence-corrected chi connectivity index (χ0v) is 16.8. The van der Waals surface area contributed by atoms with E-state index in [-0.39, 0.29) is 18.0 Å². The van der Waals surface area contributed by atoms with Crippen LogP contribution in [0.5, 0.6) is 5.75 Å². The summed E-state index contributed by atoms with van der Waals surface area (Å²) < 4.78 is 12.0. The zero-order chi connectivity index (χ0) is 20.6. The fraction of sp³-hybridized carbons (Fsp3) is 0.450. The van der Waals surface area contributed by atoms with Gasteiger partial charge in [-0.05, 0) is 25.0 Å².